The first-order valence-electron chi connectivity index (χ1n) is 11.0. The minimum absolute atomic E-state index is 0.134. The molecule has 0 atom stereocenters. The summed E-state index contributed by atoms with van der Waals surface area (Å²) in [7, 11) is 0. The number of halogens is 3. The second-order valence-corrected chi connectivity index (χ2v) is 11.1. The van der Waals surface area contributed by atoms with Gasteiger partial charge in [-0.1, -0.05) is 83.0 Å². The summed E-state index contributed by atoms with van der Waals surface area (Å²) in [4.78, 5) is 18.1. The van der Waals surface area contributed by atoms with Crippen LogP contribution in [0, 0.1) is 0 Å². The third kappa shape index (κ3) is 6.17. The maximum Gasteiger partial charge on any atom is 0.236 e. The van der Waals surface area contributed by atoms with E-state index in [-0.39, 0.29) is 11.7 Å². The van der Waals surface area contributed by atoms with Crippen molar-refractivity contribution in [2.75, 3.05) is 11.1 Å². The van der Waals surface area contributed by atoms with Crippen LogP contribution in [-0.2, 0) is 11.2 Å². The number of nitrogens with one attached hydrogen (secondary N) is 1. The number of aromatic nitrogens is 4. The Kier molecular flexibility index (Phi) is 8.12. The number of anilines is 1. The van der Waals surface area contributed by atoms with Crippen LogP contribution in [0.15, 0.2) is 84.1 Å². The quantitative estimate of drug-likeness (QED) is 0.189. The summed E-state index contributed by atoms with van der Waals surface area (Å²) in [6.07, 6.45) is 2.39. The molecule has 37 heavy (non-hydrogen) atoms. The molecule has 0 radical (unpaired) electrons. The van der Waals surface area contributed by atoms with Gasteiger partial charge in [-0.25, -0.2) is 4.98 Å². The highest BCUT2D eigenvalue weighted by Gasteiger charge is 2.19. The Morgan fingerprint density at radius 3 is 2.49 bits per heavy atom. The summed E-state index contributed by atoms with van der Waals surface area (Å²) in [6, 6.07) is 22.7. The molecule has 0 bridgehead atoms. The molecule has 0 aliphatic carbocycles. The van der Waals surface area contributed by atoms with Crippen LogP contribution in [0.25, 0.3) is 17.1 Å². The van der Waals surface area contributed by atoms with Gasteiger partial charge in [-0.15, -0.1) is 21.5 Å². The third-order valence-electron chi connectivity index (χ3n) is 5.26. The van der Waals surface area contributed by atoms with E-state index in [4.69, 9.17) is 34.8 Å². The standard InChI is InChI=1S/C26H18Cl3N5OS2/c27-20-9-5-4-8-19(20)24-32-33-26(34(24)17-6-2-1-3-7-17)36-15-23(35)31-25-30-14-18(37-25)12-16-10-11-21(28)22(29)13-16/h1-11,13-14H,12,15H2,(H,30,31,35). The fourth-order valence-corrected chi connectivity index (χ4v) is 5.73. The Bertz CT molecular complexity index is 1560. The number of hydrogen-bond acceptors (Lipinski definition) is 6. The maximum absolute atomic E-state index is 12.7. The average Bonchev–Trinajstić information content (AvgIpc) is 3.52. The molecule has 6 nitrogen and oxygen atoms in total. The van der Waals surface area contributed by atoms with Gasteiger partial charge in [-0.2, -0.15) is 0 Å². The number of para-hydroxylation sites is 1. The van der Waals surface area contributed by atoms with Crippen LogP contribution in [0.2, 0.25) is 15.1 Å². The van der Waals surface area contributed by atoms with Gasteiger partial charge < -0.3 is 5.32 Å². The Morgan fingerprint density at radius 2 is 1.70 bits per heavy atom. The third-order valence-corrected chi connectivity index (χ3v) is 8.17. The molecule has 0 spiro atoms. The molecule has 0 saturated carbocycles. The van der Waals surface area contributed by atoms with Crippen molar-refractivity contribution in [1.82, 2.24) is 19.7 Å². The van der Waals surface area contributed by atoms with Gasteiger partial charge in [-0.05, 0) is 42.0 Å². The molecule has 2 heterocycles. The van der Waals surface area contributed by atoms with Crippen molar-refractivity contribution in [3.05, 3.63) is 105 Å². The van der Waals surface area contributed by atoms with Crippen molar-refractivity contribution < 1.29 is 4.79 Å². The molecule has 0 fully saturated rings. The fourth-order valence-electron chi connectivity index (χ4n) is 3.57. The zero-order valence-electron chi connectivity index (χ0n) is 19.1. The summed E-state index contributed by atoms with van der Waals surface area (Å²) >= 11 is 21.3. The van der Waals surface area contributed by atoms with Gasteiger partial charge in [0.15, 0.2) is 16.1 Å². The van der Waals surface area contributed by atoms with Crippen molar-refractivity contribution in [3.8, 4) is 17.1 Å². The van der Waals surface area contributed by atoms with Gasteiger partial charge in [0.2, 0.25) is 5.91 Å². The summed E-state index contributed by atoms with van der Waals surface area (Å²) in [5.41, 5.74) is 2.65. The first-order chi connectivity index (χ1) is 18.0. The molecule has 5 rings (SSSR count). The monoisotopic (exact) mass is 585 g/mol. The molecule has 0 aliphatic heterocycles. The lowest BCUT2D eigenvalue weighted by molar-refractivity contribution is -0.113. The lowest BCUT2D eigenvalue weighted by Crippen LogP contribution is -2.14. The van der Waals surface area contributed by atoms with Crippen molar-refractivity contribution in [2.45, 2.75) is 11.6 Å². The summed E-state index contributed by atoms with van der Waals surface area (Å²) in [6.45, 7) is 0. The normalized spacial score (nSPS) is 11.0. The van der Waals surface area contributed by atoms with Gasteiger partial charge in [0.1, 0.15) is 0 Å². The predicted molar refractivity (Wildman–Crippen MR) is 153 cm³/mol. The molecular weight excluding hydrogens is 569 g/mol. The lowest BCUT2D eigenvalue weighted by Gasteiger charge is -2.11. The molecule has 0 unspecified atom stereocenters. The van der Waals surface area contributed by atoms with Crippen molar-refractivity contribution >= 4 is 68.9 Å². The van der Waals surface area contributed by atoms with Crippen LogP contribution in [0.3, 0.4) is 0 Å². The molecule has 1 amide bonds. The molecule has 0 aliphatic rings. The molecule has 1 N–H and O–H groups in total. The van der Waals surface area contributed by atoms with E-state index in [0.717, 1.165) is 21.7 Å². The number of thiazole rings is 1. The number of nitrogens with zero attached hydrogens (tertiary/aromatic N) is 4. The first-order valence-corrected chi connectivity index (χ1v) is 14.0. The van der Waals surface area contributed by atoms with Crippen molar-refractivity contribution in [2.24, 2.45) is 0 Å². The second-order valence-electron chi connectivity index (χ2n) is 7.85. The number of benzene rings is 3. The van der Waals surface area contributed by atoms with Crippen LogP contribution in [0.5, 0.6) is 0 Å². The molecular formula is C26H18Cl3N5OS2. The van der Waals surface area contributed by atoms with Gasteiger partial charge in [-0.3, -0.25) is 9.36 Å². The van der Waals surface area contributed by atoms with Crippen LogP contribution >= 0.6 is 57.9 Å². The van der Waals surface area contributed by atoms with Gasteiger partial charge in [0.25, 0.3) is 0 Å². The highest BCUT2D eigenvalue weighted by molar-refractivity contribution is 7.99. The minimum Gasteiger partial charge on any atom is -0.301 e. The lowest BCUT2D eigenvalue weighted by atomic mass is 10.1. The van der Waals surface area contributed by atoms with E-state index in [1.807, 2.05) is 71.3 Å². The number of carbonyl (C=O) groups excluding carboxylic acids is 1. The van der Waals surface area contributed by atoms with Gasteiger partial charge >= 0.3 is 0 Å². The van der Waals surface area contributed by atoms with Crippen molar-refractivity contribution in [1.29, 1.82) is 0 Å². The number of thioether (sulfide) groups is 1. The Hall–Kier alpha value is -2.88. The molecule has 5 aromatic rings. The topological polar surface area (TPSA) is 72.7 Å². The van der Waals surface area contributed by atoms with Crippen molar-refractivity contribution in [3.63, 3.8) is 0 Å². The SMILES string of the molecule is O=C(CSc1nnc(-c2ccccc2Cl)n1-c1ccccc1)Nc1ncc(Cc2ccc(Cl)c(Cl)c2)s1. The summed E-state index contributed by atoms with van der Waals surface area (Å²) in [5.74, 6) is 0.545. The minimum atomic E-state index is -0.192. The average molecular weight is 587 g/mol. The zero-order valence-corrected chi connectivity index (χ0v) is 23.0. The van der Waals surface area contributed by atoms with E-state index < -0.39 is 0 Å². The zero-order chi connectivity index (χ0) is 25.8. The summed E-state index contributed by atoms with van der Waals surface area (Å²) < 4.78 is 1.90. The Morgan fingerprint density at radius 1 is 0.919 bits per heavy atom. The van der Waals surface area contributed by atoms with E-state index in [1.54, 1.807) is 12.3 Å². The largest absolute Gasteiger partial charge is 0.301 e. The molecule has 11 heteroatoms. The van der Waals surface area contributed by atoms with E-state index >= 15 is 0 Å². The first kappa shape index (κ1) is 25.8. The van der Waals surface area contributed by atoms with E-state index in [1.165, 1.54) is 23.1 Å². The van der Waals surface area contributed by atoms with E-state index in [9.17, 15) is 4.79 Å². The van der Waals surface area contributed by atoms with Crippen LogP contribution in [0.4, 0.5) is 5.13 Å². The number of amides is 1. The van der Waals surface area contributed by atoms with E-state index in [0.29, 0.717) is 37.6 Å². The fraction of sp³-hybridized carbons (Fsp3) is 0.0769. The summed E-state index contributed by atoms with van der Waals surface area (Å²) in [5, 5.41) is 14.3. The van der Waals surface area contributed by atoms with Gasteiger partial charge in [0, 0.05) is 28.7 Å². The van der Waals surface area contributed by atoms with Gasteiger partial charge in [0.05, 0.1) is 20.8 Å². The smallest absolute Gasteiger partial charge is 0.236 e. The van der Waals surface area contributed by atoms with Crippen LogP contribution in [0.1, 0.15) is 10.4 Å². The van der Waals surface area contributed by atoms with E-state index in [2.05, 4.69) is 20.5 Å². The number of carbonyl (C=O) groups is 1. The highest BCUT2D eigenvalue weighted by atomic mass is 35.5. The molecule has 3 aromatic carbocycles. The van der Waals surface area contributed by atoms with Crippen LogP contribution in [-0.4, -0.2) is 31.4 Å². The highest BCUT2D eigenvalue weighted by Crippen LogP contribution is 2.32. The maximum atomic E-state index is 12.7. The number of hydrogen-bond donors (Lipinski definition) is 1. The predicted octanol–water partition coefficient (Wildman–Crippen LogP) is 7.67. The molecule has 2 aromatic heterocycles. The Labute approximate surface area is 236 Å². The van der Waals surface area contributed by atoms with Crippen LogP contribution < -0.4 is 5.32 Å². The second kappa shape index (κ2) is 11.7. The number of rotatable bonds is 8. The molecule has 0 saturated heterocycles. The molecule has 186 valence electrons. The Balaban J connectivity index is 1.28.